The molecule has 4 rings (SSSR count). The van der Waals surface area contributed by atoms with Crippen molar-refractivity contribution < 1.29 is 18.4 Å². The number of nitrogens with zero attached hydrogens (tertiary/aromatic N) is 3. The lowest BCUT2D eigenvalue weighted by atomic mass is 9.97. The molecule has 1 aromatic heterocycles. The smallest absolute Gasteiger partial charge is 0.268 e. The fourth-order valence-corrected chi connectivity index (χ4v) is 4.39. The maximum Gasteiger partial charge on any atom is 0.268 e. The lowest BCUT2D eigenvalue weighted by molar-refractivity contribution is -0.132. The van der Waals surface area contributed by atoms with E-state index in [4.69, 9.17) is 16.9 Å². The van der Waals surface area contributed by atoms with Gasteiger partial charge in [0, 0.05) is 42.2 Å². The number of Topliss-reactive ketones (excluding diaryl/α,β-unsaturated/α-hetero) is 1. The van der Waals surface area contributed by atoms with E-state index in [1.54, 1.807) is 18.3 Å². The monoisotopic (exact) mass is 443 g/mol. The molecular formula is C23H20ClF2N3O2. The fourth-order valence-electron chi connectivity index (χ4n) is 4.27. The molecule has 0 radical (unpaired) electrons. The van der Waals surface area contributed by atoms with Crippen LogP contribution < -0.4 is 0 Å². The molecule has 8 heteroatoms. The van der Waals surface area contributed by atoms with Crippen molar-refractivity contribution in [3.05, 3.63) is 64.4 Å². The number of aromatic nitrogens is 1. The summed E-state index contributed by atoms with van der Waals surface area (Å²) in [5.74, 6) is -3.46. The summed E-state index contributed by atoms with van der Waals surface area (Å²) in [6, 6.07) is 9.86. The SMILES string of the molecule is N#C[C@@H]1CC(F)(F)CN1C(=O)CCC(=O)c1ccncc1C1CC1c1ccc(Cl)cc1. The summed E-state index contributed by atoms with van der Waals surface area (Å²) >= 11 is 5.95. The summed E-state index contributed by atoms with van der Waals surface area (Å²) in [7, 11) is 0. The van der Waals surface area contributed by atoms with Crippen molar-refractivity contribution in [3.8, 4) is 6.07 Å². The third-order valence-corrected chi connectivity index (χ3v) is 6.20. The maximum atomic E-state index is 13.6. The van der Waals surface area contributed by atoms with E-state index in [-0.39, 0.29) is 30.5 Å². The van der Waals surface area contributed by atoms with Gasteiger partial charge in [0.1, 0.15) is 6.04 Å². The van der Waals surface area contributed by atoms with Gasteiger partial charge in [0.2, 0.25) is 5.91 Å². The van der Waals surface area contributed by atoms with E-state index < -0.39 is 30.8 Å². The molecule has 1 aliphatic carbocycles. The predicted octanol–water partition coefficient (Wildman–Crippen LogP) is 4.73. The molecule has 3 atom stereocenters. The van der Waals surface area contributed by atoms with Crippen LogP contribution in [0.15, 0.2) is 42.7 Å². The van der Waals surface area contributed by atoms with E-state index in [1.807, 2.05) is 24.3 Å². The first-order valence-corrected chi connectivity index (χ1v) is 10.5. The summed E-state index contributed by atoms with van der Waals surface area (Å²) in [6.45, 7) is -0.774. The Hall–Kier alpha value is -2.85. The van der Waals surface area contributed by atoms with Gasteiger partial charge in [-0.2, -0.15) is 5.26 Å². The van der Waals surface area contributed by atoms with Crippen LogP contribution in [0.1, 0.15) is 59.0 Å². The first kappa shape index (κ1) is 21.4. The molecule has 1 saturated heterocycles. The molecule has 31 heavy (non-hydrogen) atoms. The Balaban J connectivity index is 1.42. The van der Waals surface area contributed by atoms with Gasteiger partial charge in [0.25, 0.3) is 5.92 Å². The van der Waals surface area contributed by atoms with E-state index in [9.17, 15) is 18.4 Å². The van der Waals surface area contributed by atoms with Crippen molar-refractivity contribution in [2.75, 3.05) is 6.54 Å². The van der Waals surface area contributed by atoms with Gasteiger partial charge in [-0.25, -0.2) is 8.78 Å². The van der Waals surface area contributed by atoms with Gasteiger partial charge in [-0.1, -0.05) is 23.7 Å². The van der Waals surface area contributed by atoms with Crippen LogP contribution in [0.2, 0.25) is 5.02 Å². The molecule has 0 N–H and O–H groups in total. The van der Waals surface area contributed by atoms with Crippen molar-refractivity contribution in [1.82, 2.24) is 9.88 Å². The van der Waals surface area contributed by atoms with Crippen LogP contribution >= 0.6 is 11.6 Å². The lowest BCUT2D eigenvalue weighted by Crippen LogP contribution is -2.36. The molecule has 1 aliphatic heterocycles. The second-order valence-electron chi connectivity index (χ2n) is 8.11. The number of hydrogen-bond donors (Lipinski definition) is 0. The number of nitriles is 1. The maximum absolute atomic E-state index is 13.6. The molecule has 0 bridgehead atoms. The Morgan fingerprint density at radius 3 is 2.65 bits per heavy atom. The Morgan fingerprint density at radius 2 is 1.94 bits per heavy atom. The zero-order valence-corrected chi connectivity index (χ0v) is 17.4. The van der Waals surface area contributed by atoms with Crippen molar-refractivity contribution in [2.24, 2.45) is 0 Å². The Morgan fingerprint density at radius 1 is 1.19 bits per heavy atom. The molecule has 160 valence electrons. The third-order valence-electron chi connectivity index (χ3n) is 5.95. The number of likely N-dealkylation sites (tertiary alicyclic amines) is 1. The number of carbonyl (C=O) groups is 2. The van der Waals surface area contributed by atoms with E-state index in [0.29, 0.717) is 10.6 Å². The molecule has 2 unspecified atom stereocenters. The highest BCUT2D eigenvalue weighted by Gasteiger charge is 2.47. The normalized spacial score (nSPS) is 23.9. The van der Waals surface area contributed by atoms with Gasteiger partial charge < -0.3 is 4.90 Å². The van der Waals surface area contributed by atoms with E-state index in [0.717, 1.165) is 22.4 Å². The number of carbonyl (C=O) groups excluding carboxylic acids is 2. The third kappa shape index (κ3) is 4.59. The van der Waals surface area contributed by atoms with E-state index >= 15 is 0 Å². The largest absolute Gasteiger partial charge is 0.320 e. The second kappa shape index (κ2) is 8.35. The standard InChI is InChI=1S/C23H20ClF2N3O2/c24-15-3-1-14(2-4-15)18-9-19(18)20-12-28-8-7-17(20)21(30)5-6-22(31)29-13-23(25,26)10-16(29)11-27/h1-4,7-8,12,16,18-19H,5-6,9-10,13H2/t16-,18?,19?/m0/s1. The minimum atomic E-state index is -3.07. The number of benzene rings is 1. The molecule has 1 amide bonds. The topological polar surface area (TPSA) is 74.1 Å². The van der Waals surface area contributed by atoms with Gasteiger partial charge >= 0.3 is 0 Å². The average molecular weight is 444 g/mol. The molecule has 5 nitrogen and oxygen atoms in total. The van der Waals surface area contributed by atoms with Gasteiger partial charge in [-0.3, -0.25) is 14.6 Å². The first-order valence-electron chi connectivity index (χ1n) is 10.1. The van der Waals surface area contributed by atoms with Crippen molar-refractivity contribution in [3.63, 3.8) is 0 Å². The fraction of sp³-hybridized carbons (Fsp3) is 0.391. The van der Waals surface area contributed by atoms with E-state index in [1.165, 1.54) is 6.20 Å². The molecule has 2 aliphatic rings. The van der Waals surface area contributed by atoms with Crippen LogP contribution in [0.5, 0.6) is 0 Å². The van der Waals surface area contributed by atoms with Crippen LogP contribution in [0.25, 0.3) is 0 Å². The van der Waals surface area contributed by atoms with Crippen LogP contribution in [-0.2, 0) is 4.79 Å². The number of halogens is 3. The van der Waals surface area contributed by atoms with Crippen LogP contribution in [0.4, 0.5) is 8.78 Å². The highest BCUT2D eigenvalue weighted by molar-refractivity contribution is 6.30. The molecule has 2 heterocycles. The number of hydrogen-bond acceptors (Lipinski definition) is 4. The van der Waals surface area contributed by atoms with Crippen molar-refractivity contribution in [1.29, 1.82) is 5.26 Å². The summed E-state index contributed by atoms with van der Waals surface area (Å²) in [6.07, 6.45) is 3.13. The number of rotatable bonds is 6. The Kier molecular flexibility index (Phi) is 5.76. The summed E-state index contributed by atoms with van der Waals surface area (Å²) < 4.78 is 27.2. The zero-order chi connectivity index (χ0) is 22.2. The molecular weight excluding hydrogens is 424 g/mol. The van der Waals surface area contributed by atoms with Gasteiger partial charge in [-0.05, 0) is 47.6 Å². The van der Waals surface area contributed by atoms with Gasteiger partial charge in [0.15, 0.2) is 5.78 Å². The highest BCUT2D eigenvalue weighted by atomic mass is 35.5. The summed E-state index contributed by atoms with van der Waals surface area (Å²) in [5.41, 5.74) is 2.49. The van der Waals surface area contributed by atoms with Crippen molar-refractivity contribution in [2.45, 2.75) is 49.5 Å². The highest BCUT2D eigenvalue weighted by Crippen LogP contribution is 2.55. The molecule has 2 fully saturated rings. The minimum absolute atomic E-state index is 0.103. The van der Waals surface area contributed by atoms with Crippen LogP contribution in [-0.4, -0.2) is 40.1 Å². The summed E-state index contributed by atoms with van der Waals surface area (Å²) in [5, 5.41) is 9.72. The zero-order valence-electron chi connectivity index (χ0n) is 16.6. The molecule has 1 aromatic carbocycles. The molecule has 2 aromatic rings. The number of pyridine rings is 1. The Bertz CT molecular complexity index is 1050. The number of alkyl halides is 2. The number of ketones is 1. The average Bonchev–Trinajstić information content (AvgIpc) is 3.48. The van der Waals surface area contributed by atoms with Crippen molar-refractivity contribution >= 4 is 23.3 Å². The summed E-state index contributed by atoms with van der Waals surface area (Å²) in [4.78, 5) is 30.3. The van der Waals surface area contributed by atoms with Gasteiger partial charge in [-0.15, -0.1) is 0 Å². The first-order chi connectivity index (χ1) is 14.8. The quantitative estimate of drug-likeness (QED) is 0.605. The van der Waals surface area contributed by atoms with E-state index in [2.05, 4.69) is 4.98 Å². The second-order valence-corrected chi connectivity index (χ2v) is 8.55. The lowest BCUT2D eigenvalue weighted by Gasteiger charge is -2.19. The molecule has 0 spiro atoms. The number of amides is 1. The predicted molar refractivity (Wildman–Crippen MR) is 110 cm³/mol. The van der Waals surface area contributed by atoms with Gasteiger partial charge in [0.05, 0.1) is 12.6 Å². The van der Waals surface area contributed by atoms with Crippen LogP contribution in [0.3, 0.4) is 0 Å². The molecule has 1 saturated carbocycles. The van der Waals surface area contributed by atoms with Crippen LogP contribution in [0, 0.1) is 11.3 Å². The minimum Gasteiger partial charge on any atom is -0.320 e. The Labute approximate surface area is 183 Å².